The number of hydrogen-bond acceptors (Lipinski definition) is 0. The minimum absolute atomic E-state index is 1.06. The van der Waals surface area contributed by atoms with Gasteiger partial charge in [-0.3, -0.25) is 0 Å². The van der Waals surface area contributed by atoms with Crippen molar-refractivity contribution in [3.8, 4) is 0 Å². The highest BCUT2D eigenvalue weighted by molar-refractivity contribution is 5.11. The van der Waals surface area contributed by atoms with Crippen LogP contribution in [0.4, 0.5) is 0 Å². The van der Waals surface area contributed by atoms with Crippen LogP contribution in [-0.4, -0.2) is 0 Å². The Bertz CT molecular complexity index is 133. The van der Waals surface area contributed by atoms with Gasteiger partial charge in [0.1, 0.15) is 0 Å². The maximum Gasteiger partial charge on any atom is -0.0289 e. The predicted octanol–water partition coefficient (Wildman–Crippen LogP) is 2.90. The molecule has 2 rings (SSSR count). The Morgan fingerprint density at radius 1 is 1.33 bits per heavy atom. The van der Waals surface area contributed by atoms with Crippen LogP contribution >= 0.6 is 0 Å². The molecule has 0 saturated heterocycles. The second-order valence-electron chi connectivity index (χ2n) is 3.41. The summed E-state index contributed by atoms with van der Waals surface area (Å²) in [5.74, 6) is 1.06. The van der Waals surface area contributed by atoms with Crippen LogP contribution in [0.3, 0.4) is 0 Å². The van der Waals surface area contributed by atoms with E-state index in [1.54, 1.807) is 5.57 Å². The van der Waals surface area contributed by atoms with Gasteiger partial charge < -0.3 is 0 Å². The van der Waals surface area contributed by atoms with Crippen molar-refractivity contribution in [3.05, 3.63) is 11.6 Å². The molecule has 0 nitrogen and oxygen atoms in total. The summed E-state index contributed by atoms with van der Waals surface area (Å²) in [6.07, 6.45) is 11.2. The molecule has 50 valence electrons. The first-order chi connectivity index (χ1) is 4.45. The summed E-state index contributed by atoms with van der Waals surface area (Å²) < 4.78 is 0. The zero-order valence-corrected chi connectivity index (χ0v) is 5.90. The van der Waals surface area contributed by atoms with Gasteiger partial charge in [0.15, 0.2) is 0 Å². The molecular formula is C9H14. The third-order valence-electron chi connectivity index (χ3n) is 2.65. The average molecular weight is 122 g/mol. The van der Waals surface area contributed by atoms with Gasteiger partial charge in [0.25, 0.3) is 0 Å². The summed E-state index contributed by atoms with van der Waals surface area (Å²) in [5.41, 5.74) is 1.76. The molecule has 9 heavy (non-hydrogen) atoms. The van der Waals surface area contributed by atoms with Gasteiger partial charge >= 0.3 is 0 Å². The van der Waals surface area contributed by atoms with Crippen molar-refractivity contribution < 1.29 is 0 Å². The van der Waals surface area contributed by atoms with Crippen molar-refractivity contribution in [1.29, 1.82) is 0 Å². The highest BCUT2D eigenvalue weighted by atomic mass is 14.2. The lowest BCUT2D eigenvalue weighted by molar-refractivity contribution is 0.509. The number of allylic oxidation sites excluding steroid dienone is 2. The molecule has 0 heteroatoms. The van der Waals surface area contributed by atoms with Gasteiger partial charge in [-0.2, -0.15) is 0 Å². The zero-order valence-electron chi connectivity index (χ0n) is 5.90. The highest BCUT2D eigenvalue weighted by Crippen LogP contribution is 2.35. The molecule has 0 aromatic carbocycles. The van der Waals surface area contributed by atoms with Crippen LogP contribution in [0.1, 0.15) is 38.5 Å². The molecule has 2 aliphatic carbocycles. The molecule has 0 radical (unpaired) electrons. The lowest BCUT2D eigenvalue weighted by atomic mass is 10.0. The van der Waals surface area contributed by atoms with Crippen molar-refractivity contribution in [2.24, 2.45) is 5.92 Å². The van der Waals surface area contributed by atoms with Gasteiger partial charge in [0.05, 0.1) is 0 Å². The van der Waals surface area contributed by atoms with Crippen LogP contribution in [0, 0.1) is 5.92 Å². The normalized spacial score (nSPS) is 33.8. The Hall–Kier alpha value is -0.260. The van der Waals surface area contributed by atoms with Gasteiger partial charge in [-0.1, -0.05) is 18.1 Å². The van der Waals surface area contributed by atoms with Gasteiger partial charge in [0, 0.05) is 0 Å². The quantitative estimate of drug-likeness (QED) is 0.433. The summed E-state index contributed by atoms with van der Waals surface area (Å²) in [6.45, 7) is 0. The van der Waals surface area contributed by atoms with Crippen LogP contribution in [0.5, 0.6) is 0 Å². The monoisotopic (exact) mass is 122 g/mol. The smallest absolute Gasteiger partial charge is 0.0289 e. The lowest BCUT2D eigenvalue weighted by Crippen LogP contribution is -1.90. The van der Waals surface area contributed by atoms with E-state index in [9.17, 15) is 0 Å². The van der Waals surface area contributed by atoms with Crippen LogP contribution in [0.2, 0.25) is 0 Å². The third-order valence-corrected chi connectivity index (χ3v) is 2.65. The van der Waals surface area contributed by atoms with Gasteiger partial charge in [-0.05, 0) is 38.0 Å². The molecule has 2 aliphatic rings. The van der Waals surface area contributed by atoms with E-state index in [1.807, 2.05) is 0 Å². The van der Waals surface area contributed by atoms with Crippen LogP contribution in [0.15, 0.2) is 11.6 Å². The molecule has 1 unspecified atom stereocenters. The lowest BCUT2D eigenvalue weighted by Gasteiger charge is -2.03. The number of fused-ring (bicyclic) bond motifs is 2. The standard InChI is InChI=1S/C9H14/c1-2-4-9-6-5-8(3-1)7-9/h5,9H,1-4,6-7H2. The minimum Gasteiger partial charge on any atom is -0.0850 e. The highest BCUT2D eigenvalue weighted by Gasteiger charge is 2.18. The van der Waals surface area contributed by atoms with Crippen molar-refractivity contribution in [3.63, 3.8) is 0 Å². The average Bonchev–Trinajstić information content (AvgIpc) is 2.09. The van der Waals surface area contributed by atoms with Crippen molar-refractivity contribution in [2.75, 3.05) is 0 Å². The Morgan fingerprint density at radius 3 is 3.33 bits per heavy atom. The molecule has 0 aromatic rings. The van der Waals surface area contributed by atoms with E-state index in [-0.39, 0.29) is 0 Å². The van der Waals surface area contributed by atoms with Crippen molar-refractivity contribution in [1.82, 2.24) is 0 Å². The van der Waals surface area contributed by atoms with E-state index in [0.29, 0.717) is 0 Å². The minimum atomic E-state index is 1.06. The summed E-state index contributed by atoms with van der Waals surface area (Å²) in [4.78, 5) is 0. The van der Waals surface area contributed by atoms with Crippen molar-refractivity contribution in [2.45, 2.75) is 38.5 Å². The number of rotatable bonds is 0. The summed E-state index contributed by atoms with van der Waals surface area (Å²) in [6, 6.07) is 0. The molecule has 0 amide bonds. The summed E-state index contributed by atoms with van der Waals surface area (Å²) in [5, 5.41) is 0. The fourth-order valence-electron chi connectivity index (χ4n) is 2.08. The predicted molar refractivity (Wildman–Crippen MR) is 39.3 cm³/mol. The fourth-order valence-corrected chi connectivity index (χ4v) is 2.08. The first kappa shape index (κ1) is 5.52. The molecule has 1 atom stereocenters. The molecular weight excluding hydrogens is 108 g/mol. The van der Waals surface area contributed by atoms with Crippen LogP contribution in [0.25, 0.3) is 0 Å². The Kier molecular flexibility index (Phi) is 1.33. The topological polar surface area (TPSA) is 0 Å². The Balaban J connectivity index is 2.09. The zero-order chi connectivity index (χ0) is 6.10. The molecule has 1 saturated carbocycles. The van der Waals surface area contributed by atoms with E-state index in [1.165, 1.54) is 38.5 Å². The van der Waals surface area contributed by atoms with Crippen LogP contribution < -0.4 is 0 Å². The van der Waals surface area contributed by atoms with E-state index in [0.717, 1.165) is 5.92 Å². The SMILES string of the molecule is C1=C2CCCCC(C1)C2. The molecule has 0 heterocycles. The van der Waals surface area contributed by atoms with Gasteiger partial charge in [-0.25, -0.2) is 0 Å². The molecule has 0 aromatic heterocycles. The molecule has 0 spiro atoms. The molecule has 2 bridgehead atoms. The van der Waals surface area contributed by atoms with Crippen molar-refractivity contribution >= 4 is 0 Å². The second-order valence-corrected chi connectivity index (χ2v) is 3.41. The second kappa shape index (κ2) is 2.17. The first-order valence-corrected chi connectivity index (χ1v) is 4.13. The van der Waals surface area contributed by atoms with E-state index >= 15 is 0 Å². The van der Waals surface area contributed by atoms with Gasteiger partial charge in [0.2, 0.25) is 0 Å². The Labute approximate surface area is 57.0 Å². The van der Waals surface area contributed by atoms with Crippen LogP contribution in [-0.2, 0) is 0 Å². The molecule has 1 fully saturated rings. The number of hydrogen-bond donors (Lipinski definition) is 0. The van der Waals surface area contributed by atoms with E-state index < -0.39 is 0 Å². The van der Waals surface area contributed by atoms with E-state index in [2.05, 4.69) is 6.08 Å². The fraction of sp³-hybridized carbons (Fsp3) is 0.778. The Morgan fingerprint density at radius 2 is 2.33 bits per heavy atom. The first-order valence-electron chi connectivity index (χ1n) is 4.13. The third kappa shape index (κ3) is 1.03. The summed E-state index contributed by atoms with van der Waals surface area (Å²) >= 11 is 0. The molecule has 0 aliphatic heterocycles. The summed E-state index contributed by atoms with van der Waals surface area (Å²) in [7, 11) is 0. The van der Waals surface area contributed by atoms with Gasteiger partial charge in [-0.15, -0.1) is 0 Å². The molecule has 0 N–H and O–H groups in total. The largest absolute Gasteiger partial charge is 0.0850 e. The van der Waals surface area contributed by atoms with E-state index in [4.69, 9.17) is 0 Å². The maximum absolute atomic E-state index is 2.48. The maximum atomic E-state index is 2.48.